The molecule has 1 fully saturated rings. The lowest BCUT2D eigenvalue weighted by atomic mass is 9.93. The number of anilines is 1. The predicted octanol–water partition coefficient (Wildman–Crippen LogP) is 3.75. The third-order valence-corrected chi connectivity index (χ3v) is 4.23. The minimum absolute atomic E-state index is 0.258. The van der Waals surface area contributed by atoms with Crippen molar-refractivity contribution in [3.63, 3.8) is 0 Å². The molecule has 0 aliphatic carbocycles. The van der Waals surface area contributed by atoms with E-state index in [-0.39, 0.29) is 11.3 Å². The van der Waals surface area contributed by atoms with Gasteiger partial charge in [-0.2, -0.15) is 0 Å². The van der Waals surface area contributed by atoms with E-state index in [1.54, 1.807) is 0 Å². The molecule has 1 N–H and O–H groups in total. The van der Waals surface area contributed by atoms with Crippen LogP contribution in [0.5, 0.6) is 0 Å². The van der Waals surface area contributed by atoms with Crippen molar-refractivity contribution in [3.8, 4) is 0 Å². The summed E-state index contributed by atoms with van der Waals surface area (Å²) in [6, 6.07) is 6.83. The number of hydrogen-bond donors (Lipinski definition) is 1. The summed E-state index contributed by atoms with van der Waals surface area (Å²) in [5, 5.41) is 3.59. The van der Waals surface area contributed by atoms with Crippen LogP contribution in [0.15, 0.2) is 18.2 Å². The van der Waals surface area contributed by atoms with Crippen LogP contribution in [0, 0.1) is 19.3 Å². The highest BCUT2D eigenvalue weighted by Gasteiger charge is 2.30. The molecular weight excluding hydrogens is 260 g/mol. The topological polar surface area (TPSA) is 32.3 Å². The Balaban J connectivity index is 2.01. The molecule has 0 saturated carbocycles. The monoisotopic (exact) mass is 288 g/mol. The minimum atomic E-state index is -0.289. The van der Waals surface area contributed by atoms with Gasteiger partial charge in [-0.05, 0) is 49.9 Å². The normalized spacial score (nSPS) is 19.5. The number of aryl methyl sites for hydroxylation is 2. The lowest BCUT2D eigenvalue weighted by Gasteiger charge is -2.37. The van der Waals surface area contributed by atoms with Crippen LogP contribution in [-0.4, -0.2) is 29.9 Å². The van der Waals surface area contributed by atoms with Crippen LogP contribution < -0.4 is 5.32 Å². The number of likely N-dealkylation sites (tertiary alicyclic amines) is 1. The number of carbonyl (C=O) groups excluding carboxylic acids is 1. The summed E-state index contributed by atoms with van der Waals surface area (Å²) in [6.45, 7) is 12.0. The fourth-order valence-corrected chi connectivity index (χ4v) is 2.82. The first kappa shape index (κ1) is 15.9. The molecule has 116 valence electrons. The van der Waals surface area contributed by atoms with Gasteiger partial charge in [-0.1, -0.05) is 26.8 Å². The Morgan fingerprint density at radius 1 is 1.24 bits per heavy atom. The zero-order chi connectivity index (χ0) is 15.6. The van der Waals surface area contributed by atoms with Gasteiger partial charge in [0.05, 0.1) is 0 Å². The lowest BCUT2D eigenvalue weighted by Crippen LogP contribution is -2.48. The van der Waals surface area contributed by atoms with E-state index in [1.807, 2.05) is 25.7 Å². The van der Waals surface area contributed by atoms with Crippen LogP contribution >= 0.6 is 0 Å². The maximum absolute atomic E-state index is 12.4. The van der Waals surface area contributed by atoms with Crippen LogP contribution in [0.1, 0.15) is 44.7 Å². The minimum Gasteiger partial charge on any atom is -0.381 e. The highest BCUT2D eigenvalue weighted by atomic mass is 16.2. The molecule has 1 atom stereocenters. The number of nitrogens with zero attached hydrogens (tertiary/aromatic N) is 1. The molecule has 1 aromatic carbocycles. The van der Waals surface area contributed by atoms with E-state index in [1.165, 1.54) is 11.1 Å². The van der Waals surface area contributed by atoms with Gasteiger partial charge < -0.3 is 10.2 Å². The third kappa shape index (κ3) is 3.99. The van der Waals surface area contributed by atoms with Crippen LogP contribution in [0.2, 0.25) is 0 Å². The van der Waals surface area contributed by atoms with E-state index in [9.17, 15) is 4.79 Å². The summed E-state index contributed by atoms with van der Waals surface area (Å²) in [6.07, 6.45) is 2.20. The van der Waals surface area contributed by atoms with Gasteiger partial charge in [0.1, 0.15) is 0 Å². The lowest BCUT2D eigenvalue weighted by molar-refractivity contribution is -0.140. The van der Waals surface area contributed by atoms with Gasteiger partial charge in [0.2, 0.25) is 5.91 Å². The molecule has 3 nitrogen and oxygen atoms in total. The Bertz CT molecular complexity index is 516. The van der Waals surface area contributed by atoms with Crippen molar-refractivity contribution in [2.45, 2.75) is 53.5 Å². The number of benzene rings is 1. The van der Waals surface area contributed by atoms with E-state index in [0.29, 0.717) is 6.04 Å². The summed E-state index contributed by atoms with van der Waals surface area (Å²) in [5.41, 5.74) is 3.49. The quantitative estimate of drug-likeness (QED) is 0.899. The fourth-order valence-electron chi connectivity index (χ4n) is 2.82. The molecule has 1 unspecified atom stereocenters. The summed E-state index contributed by atoms with van der Waals surface area (Å²) >= 11 is 0. The fraction of sp³-hybridized carbons (Fsp3) is 0.611. The van der Waals surface area contributed by atoms with Crippen molar-refractivity contribution in [1.29, 1.82) is 0 Å². The molecule has 0 aromatic heterocycles. The smallest absolute Gasteiger partial charge is 0.228 e. The number of carbonyl (C=O) groups is 1. The maximum atomic E-state index is 12.4. The van der Waals surface area contributed by atoms with Crippen LogP contribution in [-0.2, 0) is 4.79 Å². The zero-order valence-electron chi connectivity index (χ0n) is 14.0. The summed E-state index contributed by atoms with van der Waals surface area (Å²) in [4.78, 5) is 14.4. The van der Waals surface area contributed by atoms with Crippen molar-refractivity contribution in [1.82, 2.24) is 4.90 Å². The van der Waals surface area contributed by atoms with Crippen molar-refractivity contribution in [2.75, 3.05) is 18.4 Å². The highest BCUT2D eigenvalue weighted by Crippen LogP contribution is 2.23. The summed E-state index contributed by atoms with van der Waals surface area (Å²) in [5.74, 6) is 0.258. The molecule has 1 aromatic rings. The Labute approximate surface area is 128 Å². The molecule has 1 heterocycles. The standard InChI is InChI=1S/C18H28N2O/c1-13-8-9-15(11-14(13)2)19-16-7-6-10-20(12-16)17(21)18(3,4)5/h8-9,11,16,19H,6-7,10,12H2,1-5H3. The molecule has 0 radical (unpaired) electrons. The maximum Gasteiger partial charge on any atom is 0.228 e. The molecular formula is C18H28N2O. The molecule has 1 aliphatic heterocycles. The van der Waals surface area contributed by atoms with Gasteiger partial charge in [-0.3, -0.25) is 4.79 Å². The third-order valence-electron chi connectivity index (χ3n) is 4.23. The first-order valence-corrected chi connectivity index (χ1v) is 7.90. The molecule has 3 heteroatoms. The zero-order valence-corrected chi connectivity index (χ0v) is 14.0. The van der Waals surface area contributed by atoms with E-state index in [4.69, 9.17) is 0 Å². The second kappa shape index (κ2) is 6.08. The Morgan fingerprint density at radius 2 is 1.95 bits per heavy atom. The first-order valence-electron chi connectivity index (χ1n) is 7.90. The number of nitrogens with one attached hydrogen (secondary N) is 1. The van der Waals surface area contributed by atoms with Crippen molar-refractivity contribution < 1.29 is 4.79 Å². The second-order valence-corrected chi connectivity index (χ2v) is 7.28. The molecule has 0 spiro atoms. The predicted molar refractivity (Wildman–Crippen MR) is 88.6 cm³/mol. The van der Waals surface area contributed by atoms with Crippen LogP contribution in [0.25, 0.3) is 0 Å². The van der Waals surface area contributed by atoms with Crippen LogP contribution in [0.4, 0.5) is 5.69 Å². The van der Waals surface area contributed by atoms with Crippen molar-refractivity contribution in [2.24, 2.45) is 5.41 Å². The molecule has 21 heavy (non-hydrogen) atoms. The Morgan fingerprint density at radius 3 is 2.57 bits per heavy atom. The molecule has 2 rings (SSSR count). The van der Waals surface area contributed by atoms with Gasteiger partial charge in [-0.15, -0.1) is 0 Å². The van der Waals surface area contributed by atoms with E-state index in [2.05, 4.69) is 37.4 Å². The van der Waals surface area contributed by atoms with Crippen LogP contribution in [0.3, 0.4) is 0 Å². The Kier molecular flexibility index (Phi) is 4.60. The van der Waals surface area contributed by atoms with E-state index in [0.717, 1.165) is 31.6 Å². The summed E-state index contributed by atoms with van der Waals surface area (Å²) < 4.78 is 0. The summed E-state index contributed by atoms with van der Waals surface area (Å²) in [7, 11) is 0. The average Bonchev–Trinajstić information content (AvgIpc) is 2.41. The number of rotatable bonds is 2. The van der Waals surface area contributed by atoms with Gasteiger partial charge in [0, 0.05) is 30.2 Å². The number of piperidine rings is 1. The molecule has 1 amide bonds. The van der Waals surface area contributed by atoms with Crippen molar-refractivity contribution in [3.05, 3.63) is 29.3 Å². The van der Waals surface area contributed by atoms with Crippen molar-refractivity contribution >= 4 is 11.6 Å². The number of hydrogen-bond acceptors (Lipinski definition) is 2. The van der Waals surface area contributed by atoms with Gasteiger partial charge in [0.25, 0.3) is 0 Å². The van der Waals surface area contributed by atoms with Gasteiger partial charge >= 0.3 is 0 Å². The molecule has 1 saturated heterocycles. The average molecular weight is 288 g/mol. The second-order valence-electron chi connectivity index (χ2n) is 7.28. The SMILES string of the molecule is Cc1ccc(NC2CCCN(C(=O)C(C)(C)C)C2)cc1C. The number of amides is 1. The largest absolute Gasteiger partial charge is 0.381 e. The van der Waals surface area contributed by atoms with Gasteiger partial charge in [0.15, 0.2) is 0 Å². The molecule has 0 bridgehead atoms. The molecule has 1 aliphatic rings. The highest BCUT2D eigenvalue weighted by molar-refractivity contribution is 5.81. The van der Waals surface area contributed by atoms with E-state index < -0.39 is 0 Å². The first-order chi connectivity index (χ1) is 9.77. The van der Waals surface area contributed by atoms with Gasteiger partial charge in [-0.25, -0.2) is 0 Å². The Hall–Kier alpha value is -1.51. The van der Waals surface area contributed by atoms with E-state index >= 15 is 0 Å².